The molecule has 0 saturated carbocycles. The summed E-state index contributed by atoms with van der Waals surface area (Å²) >= 11 is 0. The Morgan fingerprint density at radius 1 is 1.23 bits per heavy atom. The number of aliphatic hydroxyl groups is 2. The quantitative estimate of drug-likeness (QED) is 0.351. The summed E-state index contributed by atoms with van der Waals surface area (Å²) in [6.07, 6.45) is 6.24. The summed E-state index contributed by atoms with van der Waals surface area (Å²) in [7, 11) is 1.55. The van der Waals surface area contributed by atoms with Crippen molar-refractivity contribution in [2.75, 3.05) is 36.7 Å². The molecule has 2 aliphatic rings. The first-order valence-corrected chi connectivity index (χ1v) is 13.3. The van der Waals surface area contributed by atoms with Crippen molar-refractivity contribution in [3.63, 3.8) is 0 Å². The molecule has 0 spiro atoms. The van der Waals surface area contributed by atoms with Crippen LogP contribution < -0.4 is 14.5 Å². The Balaban J connectivity index is 1.36. The van der Waals surface area contributed by atoms with Crippen LogP contribution in [0.15, 0.2) is 60.8 Å². The second-order valence-electron chi connectivity index (χ2n) is 9.93. The molecule has 2 amide bonds. The van der Waals surface area contributed by atoms with Gasteiger partial charge in [-0.25, -0.2) is 4.79 Å². The van der Waals surface area contributed by atoms with Gasteiger partial charge in [0.15, 0.2) is 5.60 Å². The molecule has 11 heteroatoms. The van der Waals surface area contributed by atoms with Crippen molar-refractivity contribution >= 4 is 23.4 Å². The highest BCUT2D eigenvalue weighted by atomic mass is 16.6. The van der Waals surface area contributed by atoms with Gasteiger partial charge in [0.05, 0.1) is 31.6 Å². The van der Waals surface area contributed by atoms with E-state index in [0.29, 0.717) is 55.2 Å². The fourth-order valence-corrected chi connectivity index (χ4v) is 5.17. The Hall–Kier alpha value is -4.22. The van der Waals surface area contributed by atoms with Crippen LogP contribution in [0.5, 0.6) is 5.75 Å². The molecule has 210 valence electrons. The van der Waals surface area contributed by atoms with Gasteiger partial charge < -0.3 is 24.6 Å². The number of benzene rings is 2. The molecule has 0 radical (unpaired) electrons. The van der Waals surface area contributed by atoms with Crippen LogP contribution in [0.4, 0.5) is 16.2 Å². The lowest BCUT2D eigenvalue weighted by Crippen LogP contribution is -2.44. The standard InChI is InChI=1S/C29H33N5O6/c1-20(6-3-4-12-32-19-22(11-14-35)30-31-32)29(38)25-17-24(39-2)9-10-26(25)34(27(29)36)18-21-7-5-8-23(16-21)33-13-15-40-28(33)37/h3,5-10,16-17,19-20,35,38H,4,11-15,18H2,1-2H3/b6-3+/t20-,29+/m1/s1. The third-order valence-corrected chi connectivity index (χ3v) is 7.36. The van der Waals surface area contributed by atoms with Crippen molar-refractivity contribution in [2.45, 2.75) is 38.5 Å². The minimum atomic E-state index is -1.79. The van der Waals surface area contributed by atoms with Gasteiger partial charge in [0.25, 0.3) is 5.91 Å². The first-order valence-electron chi connectivity index (χ1n) is 13.3. The van der Waals surface area contributed by atoms with E-state index in [0.717, 1.165) is 11.3 Å². The van der Waals surface area contributed by atoms with Crippen LogP contribution in [0, 0.1) is 5.92 Å². The number of hydrogen-bond acceptors (Lipinski definition) is 8. The van der Waals surface area contributed by atoms with Crippen molar-refractivity contribution < 1.29 is 29.3 Å². The van der Waals surface area contributed by atoms with Crippen LogP contribution >= 0.6 is 0 Å². The van der Waals surface area contributed by atoms with E-state index in [1.54, 1.807) is 46.0 Å². The number of rotatable bonds is 11. The molecular weight excluding hydrogens is 514 g/mol. The number of carbonyl (C=O) groups is 2. The van der Waals surface area contributed by atoms with Crippen LogP contribution in [0.25, 0.3) is 0 Å². The summed E-state index contributed by atoms with van der Waals surface area (Å²) in [6.45, 7) is 3.43. The Morgan fingerprint density at radius 3 is 2.83 bits per heavy atom. The van der Waals surface area contributed by atoms with Gasteiger partial charge in [0.2, 0.25) is 0 Å². The Kier molecular flexibility index (Phi) is 7.85. The van der Waals surface area contributed by atoms with E-state index in [-0.39, 0.29) is 13.2 Å². The highest BCUT2D eigenvalue weighted by Gasteiger charge is 2.52. The number of ether oxygens (including phenoxy) is 2. The van der Waals surface area contributed by atoms with Crippen LogP contribution in [-0.2, 0) is 34.6 Å². The van der Waals surface area contributed by atoms with E-state index in [2.05, 4.69) is 10.3 Å². The number of methoxy groups -OCH3 is 1. The van der Waals surface area contributed by atoms with Gasteiger partial charge in [-0.15, -0.1) is 5.10 Å². The topological polar surface area (TPSA) is 130 Å². The van der Waals surface area contributed by atoms with E-state index in [1.165, 1.54) is 0 Å². The lowest BCUT2D eigenvalue weighted by molar-refractivity contribution is -0.139. The average molecular weight is 548 g/mol. The second-order valence-corrected chi connectivity index (χ2v) is 9.93. The maximum Gasteiger partial charge on any atom is 0.414 e. The zero-order chi connectivity index (χ0) is 28.3. The SMILES string of the molecule is COc1ccc2c(c1)[C@@](O)([C@H](C)/C=C/CCn1cc(CCO)nn1)C(=O)N2Cc1cccc(N2CCOC2=O)c1. The summed E-state index contributed by atoms with van der Waals surface area (Å²) in [6, 6.07) is 12.7. The number of anilines is 2. The summed E-state index contributed by atoms with van der Waals surface area (Å²) in [5, 5.41) is 29.1. The zero-order valence-electron chi connectivity index (χ0n) is 22.6. The maximum atomic E-state index is 13.9. The molecule has 40 heavy (non-hydrogen) atoms. The summed E-state index contributed by atoms with van der Waals surface area (Å²) in [4.78, 5) is 29.1. The van der Waals surface area contributed by atoms with E-state index in [9.17, 15) is 14.7 Å². The van der Waals surface area contributed by atoms with Crippen LogP contribution in [0.2, 0.25) is 0 Å². The van der Waals surface area contributed by atoms with Gasteiger partial charge in [0, 0.05) is 42.9 Å². The van der Waals surface area contributed by atoms with Gasteiger partial charge in [-0.05, 0) is 42.3 Å². The molecule has 1 saturated heterocycles. The molecule has 0 unspecified atom stereocenters. The van der Waals surface area contributed by atoms with Crippen molar-refractivity contribution in [2.24, 2.45) is 5.92 Å². The van der Waals surface area contributed by atoms with Crippen molar-refractivity contribution in [3.05, 3.63) is 77.6 Å². The lowest BCUT2D eigenvalue weighted by atomic mass is 9.83. The molecule has 3 heterocycles. The number of aryl methyl sites for hydroxylation is 1. The number of nitrogens with zero attached hydrogens (tertiary/aromatic N) is 5. The van der Waals surface area contributed by atoms with Gasteiger partial charge in [-0.3, -0.25) is 14.4 Å². The number of allylic oxidation sites excluding steroid dienone is 1. The summed E-state index contributed by atoms with van der Waals surface area (Å²) < 4.78 is 12.2. The largest absolute Gasteiger partial charge is 0.497 e. The molecule has 0 aliphatic carbocycles. The third-order valence-electron chi connectivity index (χ3n) is 7.36. The lowest BCUT2D eigenvalue weighted by Gasteiger charge is -2.28. The van der Waals surface area contributed by atoms with Crippen LogP contribution in [0.1, 0.15) is 30.2 Å². The smallest absolute Gasteiger partial charge is 0.414 e. The van der Waals surface area contributed by atoms with E-state index in [1.807, 2.05) is 43.3 Å². The number of cyclic esters (lactones) is 1. The minimum Gasteiger partial charge on any atom is -0.497 e. The fraction of sp³-hybridized carbons (Fsp3) is 0.379. The normalized spacial score (nSPS) is 19.4. The fourth-order valence-electron chi connectivity index (χ4n) is 5.17. The molecular formula is C29H33N5O6. The Labute approximate surface area is 232 Å². The van der Waals surface area contributed by atoms with Gasteiger partial charge >= 0.3 is 6.09 Å². The minimum absolute atomic E-state index is 0.0184. The predicted octanol–water partition coefficient (Wildman–Crippen LogP) is 2.80. The molecule has 1 aromatic heterocycles. The van der Waals surface area contributed by atoms with E-state index in [4.69, 9.17) is 14.6 Å². The Bertz CT molecular complexity index is 1420. The molecule has 1 fully saturated rings. The van der Waals surface area contributed by atoms with Crippen molar-refractivity contribution in [1.82, 2.24) is 15.0 Å². The summed E-state index contributed by atoms with van der Waals surface area (Å²) in [5.74, 6) is -0.423. The molecule has 2 atom stereocenters. The van der Waals surface area contributed by atoms with Gasteiger partial charge in [-0.2, -0.15) is 0 Å². The molecule has 11 nitrogen and oxygen atoms in total. The first kappa shape index (κ1) is 27.4. The molecule has 0 bridgehead atoms. The van der Waals surface area contributed by atoms with Gasteiger partial charge in [0.1, 0.15) is 12.4 Å². The van der Waals surface area contributed by atoms with Crippen LogP contribution in [-0.4, -0.2) is 64.1 Å². The zero-order valence-corrected chi connectivity index (χ0v) is 22.6. The number of carbonyl (C=O) groups excluding carboxylic acids is 2. The highest BCUT2D eigenvalue weighted by Crippen LogP contribution is 2.47. The summed E-state index contributed by atoms with van der Waals surface area (Å²) in [5.41, 5.74) is 1.54. The monoisotopic (exact) mass is 547 g/mol. The van der Waals surface area contributed by atoms with Gasteiger partial charge in [-0.1, -0.05) is 36.4 Å². The van der Waals surface area contributed by atoms with E-state index < -0.39 is 23.5 Å². The van der Waals surface area contributed by atoms with Crippen molar-refractivity contribution in [1.29, 1.82) is 0 Å². The van der Waals surface area contributed by atoms with E-state index >= 15 is 0 Å². The number of amides is 2. The molecule has 2 aromatic carbocycles. The van der Waals surface area contributed by atoms with Crippen molar-refractivity contribution in [3.8, 4) is 5.75 Å². The first-order chi connectivity index (χ1) is 19.3. The Morgan fingerprint density at radius 2 is 2.08 bits per heavy atom. The molecule has 5 rings (SSSR count). The van der Waals surface area contributed by atoms with Crippen LogP contribution in [0.3, 0.4) is 0 Å². The molecule has 2 aliphatic heterocycles. The highest BCUT2D eigenvalue weighted by molar-refractivity contribution is 6.07. The number of aliphatic hydroxyl groups excluding tert-OH is 1. The maximum absolute atomic E-state index is 13.9. The average Bonchev–Trinajstić information content (AvgIpc) is 3.66. The molecule has 2 N–H and O–H groups in total. The molecule has 3 aromatic rings. The third kappa shape index (κ3) is 5.17. The second kappa shape index (κ2) is 11.5. The number of aromatic nitrogens is 3. The number of fused-ring (bicyclic) bond motifs is 1. The number of hydrogen-bond donors (Lipinski definition) is 2. The predicted molar refractivity (Wildman–Crippen MR) is 147 cm³/mol.